The standard InChI is InChI=1S/C13H22BrN3/c1-10-13(14)11(2)17(16-10)9-5-8-15-12-6-3-4-7-12/h12,15H,3-9H2,1-2H3. The summed E-state index contributed by atoms with van der Waals surface area (Å²) in [6.45, 7) is 6.29. The molecule has 4 heteroatoms. The number of aromatic nitrogens is 2. The first kappa shape index (κ1) is 13.1. The van der Waals surface area contributed by atoms with Gasteiger partial charge in [-0.25, -0.2) is 0 Å². The Morgan fingerprint density at radius 1 is 1.35 bits per heavy atom. The topological polar surface area (TPSA) is 29.9 Å². The lowest BCUT2D eigenvalue weighted by atomic mass is 10.2. The number of aryl methyl sites for hydroxylation is 2. The molecule has 96 valence electrons. The molecule has 2 rings (SSSR count). The van der Waals surface area contributed by atoms with Gasteiger partial charge in [0, 0.05) is 18.3 Å². The van der Waals surface area contributed by atoms with Crippen molar-refractivity contribution < 1.29 is 0 Å². The van der Waals surface area contributed by atoms with E-state index >= 15 is 0 Å². The van der Waals surface area contributed by atoms with Crippen molar-refractivity contribution in [1.82, 2.24) is 15.1 Å². The molecule has 1 aromatic rings. The minimum absolute atomic E-state index is 0.780. The average molecular weight is 300 g/mol. The molecule has 17 heavy (non-hydrogen) atoms. The Balaban J connectivity index is 1.72. The molecule has 0 aliphatic heterocycles. The van der Waals surface area contributed by atoms with Crippen molar-refractivity contribution in [2.24, 2.45) is 0 Å². The summed E-state index contributed by atoms with van der Waals surface area (Å²) in [6, 6.07) is 0.780. The lowest BCUT2D eigenvalue weighted by Gasteiger charge is -2.11. The Kier molecular flexibility index (Phi) is 4.62. The molecule has 0 saturated heterocycles. The second-order valence-electron chi connectivity index (χ2n) is 5.00. The first-order chi connectivity index (χ1) is 8.18. The van der Waals surface area contributed by atoms with Crippen LogP contribution < -0.4 is 5.32 Å². The number of hydrogen-bond acceptors (Lipinski definition) is 2. The van der Waals surface area contributed by atoms with Crippen molar-refractivity contribution in [1.29, 1.82) is 0 Å². The van der Waals surface area contributed by atoms with Crippen molar-refractivity contribution in [3.8, 4) is 0 Å². The number of nitrogens with one attached hydrogen (secondary N) is 1. The fourth-order valence-corrected chi connectivity index (χ4v) is 2.84. The summed E-state index contributed by atoms with van der Waals surface area (Å²) in [4.78, 5) is 0. The molecule has 1 aliphatic carbocycles. The number of rotatable bonds is 5. The number of halogens is 1. The average Bonchev–Trinajstić information content (AvgIpc) is 2.90. The van der Waals surface area contributed by atoms with Gasteiger partial charge in [-0.15, -0.1) is 0 Å². The zero-order valence-corrected chi connectivity index (χ0v) is 12.4. The Bertz CT molecular complexity index is 367. The van der Waals surface area contributed by atoms with Crippen LogP contribution in [-0.2, 0) is 6.54 Å². The van der Waals surface area contributed by atoms with Gasteiger partial charge >= 0.3 is 0 Å². The van der Waals surface area contributed by atoms with E-state index in [0.29, 0.717) is 0 Å². The van der Waals surface area contributed by atoms with Crippen molar-refractivity contribution in [2.45, 2.75) is 58.5 Å². The van der Waals surface area contributed by atoms with E-state index in [0.717, 1.165) is 35.7 Å². The molecule has 1 saturated carbocycles. The molecule has 1 aliphatic rings. The predicted octanol–water partition coefficient (Wildman–Crippen LogP) is 3.18. The smallest absolute Gasteiger partial charge is 0.0738 e. The molecule has 0 amide bonds. The molecule has 3 nitrogen and oxygen atoms in total. The van der Waals surface area contributed by atoms with Crippen LogP contribution >= 0.6 is 15.9 Å². The highest BCUT2D eigenvalue weighted by Gasteiger charge is 2.13. The van der Waals surface area contributed by atoms with Gasteiger partial charge in [0.05, 0.1) is 10.2 Å². The fourth-order valence-electron chi connectivity index (χ4n) is 2.56. The first-order valence-electron chi connectivity index (χ1n) is 6.61. The zero-order valence-electron chi connectivity index (χ0n) is 10.8. The molecular formula is C13H22BrN3. The largest absolute Gasteiger partial charge is 0.314 e. The maximum Gasteiger partial charge on any atom is 0.0738 e. The SMILES string of the molecule is Cc1nn(CCCNC2CCCC2)c(C)c1Br. The first-order valence-corrected chi connectivity index (χ1v) is 7.40. The molecule has 0 bridgehead atoms. The van der Waals surface area contributed by atoms with Gasteiger partial charge in [0.25, 0.3) is 0 Å². The van der Waals surface area contributed by atoms with E-state index in [2.05, 4.69) is 38.0 Å². The van der Waals surface area contributed by atoms with Crippen LogP contribution in [0.3, 0.4) is 0 Å². The van der Waals surface area contributed by atoms with Crippen LogP contribution in [0.2, 0.25) is 0 Å². The van der Waals surface area contributed by atoms with Crippen LogP contribution in [0.25, 0.3) is 0 Å². The van der Waals surface area contributed by atoms with E-state index in [1.165, 1.54) is 31.4 Å². The summed E-state index contributed by atoms with van der Waals surface area (Å²) in [6.07, 6.45) is 6.70. The molecule has 0 radical (unpaired) electrons. The fraction of sp³-hybridized carbons (Fsp3) is 0.769. The van der Waals surface area contributed by atoms with Crippen LogP contribution in [0.5, 0.6) is 0 Å². The Hall–Kier alpha value is -0.350. The molecule has 1 aromatic heterocycles. The van der Waals surface area contributed by atoms with Gasteiger partial charge in [-0.1, -0.05) is 12.8 Å². The van der Waals surface area contributed by atoms with Gasteiger partial charge in [-0.3, -0.25) is 4.68 Å². The minimum Gasteiger partial charge on any atom is -0.314 e. The zero-order chi connectivity index (χ0) is 12.3. The highest BCUT2D eigenvalue weighted by molar-refractivity contribution is 9.10. The normalized spacial score (nSPS) is 16.9. The minimum atomic E-state index is 0.780. The molecule has 0 spiro atoms. The quantitative estimate of drug-likeness (QED) is 0.846. The maximum atomic E-state index is 4.52. The molecule has 1 fully saturated rings. The highest BCUT2D eigenvalue weighted by atomic mass is 79.9. The third kappa shape index (κ3) is 3.32. The van der Waals surface area contributed by atoms with Gasteiger partial charge in [-0.2, -0.15) is 5.10 Å². The van der Waals surface area contributed by atoms with Crippen molar-refractivity contribution in [3.63, 3.8) is 0 Å². The molecule has 1 heterocycles. The summed E-state index contributed by atoms with van der Waals surface area (Å²) in [5, 5.41) is 8.16. The summed E-state index contributed by atoms with van der Waals surface area (Å²) in [7, 11) is 0. The van der Waals surface area contributed by atoms with Crippen molar-refractivity contribution in [2.75, 3.05) is 6.54 Å². The van der Waals surface area contributed by atoms with E-state index in [9.17, 15) is 0 Å². The van der Waals surface area contributed by atoms with Crippen LogP contribution in [0.4, 0.5) is 0 Å². The van der Waals surface area contributed by atoms with Crippen LogP contribution in [-0.4, -0.2) is 22.4 Å². The van der Waals surface area contributed by atoms with Crippen LogP contribution in [0, 0.1) is 13.8 Å². The van der Waals surface area contributed by atoms with E-state index in [-0.39, 0.29) is 0 Å². The monoisotopic (exact) mass is 299 g/mol. The van der Waals surface area contributed by atoms with E-state index < -0.39 is 0 Å². The molecule has 0 unspecified atom stereocenters. The summed E-state index contributed by atoms with van der Waals surface area (Å²) >= 11 is 3.56. The van der Waals surface area contributed by atoms with Gasteiger partial charge < -0.3 is 5.32 Å². The van der Waals surface area contributed by atoms with Gasteiger partial charge in [0.15, 0.2) is 0 Å². The van der Waals surface area contributed by atoms with Crippen LogP contribution in [0.15, 0.2) is 4.47 Å². The van der Waals surface area contributed by atoms with Gasteiger partial charge in [0.2, 0.25) is 0 Å². The molecule has 0 aromatic carbocycles. The highest BCUT2D eigenvalue weighted by Crippen LogP contribution is 2.20. The van der Waals surface area contributed by atoms with Gasteiger partial charge in [0.1, 0.15) is 0 Å². The summed E-state index contributed by atoms with van der Waals surface area (Å²) < 4.78 is 3.26. The molecule has 1 N–H and O–H groups in total. The second kappa shape index (κ2) is 6.01. The number of hydrogen-bond donors (Lipinski definition) is 1. The van der Waals surface area contributed by atoms with E-state index in [1.807, 2.05) is 6.92 Å². The summed E-state index contributed by atoms with van der Waals surface area (Å²) in [5.74, 6) is 0. The number of nitrogens with zero attached hydrogens (tertiary/aromatic N) is 2. The van der Waals surface area contributed by atoms with Crippen molar-refractivity contribution in [3.05, 3.63) is 15.9 Å². The molecular weight excluding hydrogens is 278 g/mol. The van der Waals surface area contributed by atoms with E-state index in [1.54, 1.807) is 0 Å². The lowest BCUT2D eigenvalue weighted by molar-refractivity contribution is 0.478. The summed E-state index contributed by atoms with van der Waals surface area (Å²) in [5.41, 5.74) is 2.33. The van der Waals surface area contributed by atoms with Gasteiger partial charge in [-0.05, 0) is 55.6 Å². The Morgan fingerprint density at radius 3 is 2.65 bits per heavy atom. The molecule has 0 atom stereocenters. The van der Waals surface area contributed by atoms with E-state index in [4.69, 9.17) is 0 Å². The Morgan fingerprint density at radius 2 is 2.06 bits per heavy atom. The second-order valence-corrected chi connectivity index (χ2v) is 5.79. The predicted molar refractivity (Wildman–Crippen MR) is 74.3 cm³/mol. The maximum absolute atomic E-state index is 4.52. The third-order valence-corrected chi connectivity index (χ3v) is 4.78. The van der Waals surface area contributed by atoms with Crippen molar-refractivity contribution >= 4 is 15.9 Å². The Labute approximate surface area is 112 Å². The lowest BCUT2D eigenvalue weighted by Crippen LogP contribution is -2.27. The third-order valence-electron chi connectivity index (χ3n) is 3.63. The van der Waals surface area contributed by atoms with Crippen LogP contribution in [0.1, 0.15) is 43.5 Å².